The number of nitrogens with one attached hydrogen (secondary N) is 1. The van der Waals surface area contributed by atoms with Gasteiger partial charge >= 0.3 is 0 Å². The number of anilines is 1. The minimum atomic E-state index is 0.677. The summed E-state index contributed by atoms with van der Waals surface area (Å²) in [5.74, 6) is 1.65. The lowest BCUT2D eigenvalue weighted by atomic mass is 10.2. The van der Waals surface area contributed by atoms with E-state index in [-0.39, 0.29) is 0 Å². The van der Waals surface area contributed by atoms with Crippen molar-refractivity contribution in [2.45, 2.75) is 27.2 Å². The van der Waals surface area contributed by atoms with Crippen LogP contribution in [-0.4, -0.2) is 26.1 Å². The second-order valence-electron chi connectivity index (χ2n) is 4.40. The molecule has 96 valence electrons. The van der Waals surface area contributed by atoms with Crippen molar-refractivity contribution in [3.05, 3.63) is 23.8 Å². The van der Waals surface area contributed by atoms with Crippen molar-refractivity contribution in [1.29, 1.82) is 0 Å². The van der Waals surface area contributed by atoms with Gasteiger partial charge in [0.05, 0.1) is 17.6 Å². The van der Waals surface area contributed by atoms with Crippen molar-refractivity contribution < 1.29 is 0 Å². The van der Waals surface area contributed by atoms with E-state index >= 15 is 0 Å². The van der Waals surface area contributed by atoms with Gasteiger partial charge in [-0.25, -0.2) is 15.0 Å². The second-order valence-corrected chi connectivity index (χ2v) is 4.40. The molecular weight excluding hydrogens is 226 g/mol. The van der Waals surface area contributed by atoms with Gasteiger partial charge in [0.2, 0.25) is 5.95 Å². The van der Waals surface area contributed by atoms with Crippen molar-refractivity contribution in [2.75, 3.05) is 11.9 Å². The minimum absolute atomic E-state index is 0.677. The summed E-state index contributed by atoms with van der Waals surface area (Å²) in [6.07, 6.45) is 4.76. The third-order valence-corrected chi connectivity index (χ3v) is 2.97. The Morgan fingerprint density at radius 2 is 2.00 bits per heavy atom. The van der Waals surface area contributed by atoms with Gasteiger partial charge in [-0.15, -0.1) is 0 Å². The molecule has 0 saturated heterocycles. The van der Waals surface area contributed by atoms with Crippen LogP contribution in [0.2, 0.25) is 0 Å². The van der Waals surface area contributed by atoms with E-state index in [9.17, 15) is 0 Å². The highest BCUT2D eigenvalue weighted by Crippen LogP contribution is 2.21. The first kappa shape index (κ1) is 12.5. The Balaban J connectivity index is 2.40. The number of nitrogens with zero attached hydrogens (tertiary/aromatic N) is 4. The molecule has 0 aromatic carbocycles. The van der Waals surface area contributed by atoms with E-state index in [4.69, 9.17) is 0 Å². The Labute approximate surface area is 107 Å². The zero-order valence-corrected chi connectivity index (χ0v) is 11.4. The summed E-state index contributed by atoms with van der Waals surface area (Å²) in [6, 6.07) is 0. The number of hydrogen-bond acceptors (Lipinski definition) is 4. The van der Waals surface area contributed by atoms with Crippen LogP contribution in [-0.2, 0) is 7.05 Å². The summed E-state index contributed by atoms with van der Waals surface area (Å²) in [7, 11) is 2.00. The van der Waals surface area contributed by atoms with Crippen LogP contribution >= 0.6 is 0 Å². The van der Waals surface area contributed by atoms with Crippen LogP contribution in [0.1, 0.15) is 24.7 Å². The number of aromatic nitrogens is 4. The molecule has 18 heavy (non-hydrogen) atoms. The molecule has 1 N–H and O–H groups in total. The molecule has 0 unspecified atom stereocenters. The Kier molecular flexibility index (Phi) is 3.60. The van der Waals surface area contributed by atoms with Crippen LogP contribution in [0.25, 0.3) is 11.4 Å². The maximum Gasteiger partial charge on any atom is 0.223 e. The molecule has 0 bridgehead atoms. The average Bonchev–Trinajstić information content (AvgIpc) is 2.69. The van der Waals surface area contributed by atoms with Crippen molar-refractivity contribution in [3.8, 4) is 11.4 Å². The zero-order chi connectivity index (χ0) is 13.1. The fourth-order valence-electron chi connectivity index (χ4n) is 1.75. The standard InChI is InChI=1S/C13H19N5/c1-5-6-14-13-16-7-9(2)12(17-13)11-8-15-10(3)18(11)4/h7-8H,5-6H2,1-4H3,(H,14,16,17). The first-order valence-corrected chi connectivity index (χ1v) is 6.19. The second kappa shape index (κ2) is 5.16. The van der Waals surface area contributed by atoms with Crippen LogP contribution in [0.3, 0.4) is 0 Å². The molecule has 0 fully saturated rings. The molecule has 2 heterocycles. The monoisotopic (exact) mass is 245 g/mol. The predicted molar refractivity (Wildman–Crippen MR) is 72.5 cm³/mol. The lowest BCUT2D eigenvalue weighted by molar-refractivity contribution is 0.859. The van der Waals surface area contributed by atoms with Crippen LogP contribution in [0.4, 0.5) is 5.95 Å². The first-order valence-electron chi connectivity index (χ1n) is 6.19. The van der Waals surface area contributed by atoms with E-state index in [0.29, 0.717) is 5.95 Å². The fraction of sp³-hybridized carbons (Fsp3) is 0.462. The summed E-state index contributed by atoms with van der Waals surface area (Å²) in [6.45, 7) is 7.00. The van der Waals surface area contributed by atoms with Gasteiger partial charge in [0, 0.05) is 19.8 Å². The number of imidazole rings is 1. The Morgan fingerprint density at radius 3 is 2.61 bits per heavy atom. The van der Waals surface area contributed by atoms with Crippen molar-refractivity contribution in [2.24, 2.45) is 7.05 Å². The molecule has 5 heteroatoms. The Hall–Kier alpha value is -1.91. The van der Waals surface area contributed by atoms with E-state index in [1.807, 2.05) is 37.9 Å². The van der Waals surface area contributed by atoms with Crippen LogP contribution in [0.5, 0.6) is 0 Å². The minimum Gasteiger partial charge on any atom is -0.354 e. The normalized spacial score (nSPS) is 10.7. The van der Waals surface area contributed by atoms with Crippen LogP contribution in [0.15, 0.2) is 12.4 Å². The van der Waals surface area contributed by atoms with Crippen LogP contribution in [0, 0.1) is 13.8 Å². The highest BCUT2D eigenvalue weighted by atomic mass is 15.1. The van der Waals surface area contributed by atoms with E-state index < -0.39 is 0 Å². The maximum absolute atomic E-state index is 4.57. The molecule has 0 saturated carbocycles. The molecular formula is C13H19N5. The largest absolute Gasteiger partial charge is 0.354 e. The summed E-state index contributed by atoms with van der Waals surface area (Å²) >= 11 is 0. The van der Waals surface area contributed by atoms with Crippen LogP contribution < -0.4 is 5.32 Å². The maximum atomic E-state index is 4.57. The molecule has 2 rings (SSSR count). The third kappa shape index (κ3) is 2.34. The van der Waals surface area contributed by atoms with Crippen molar-refractivity contribution in [3.63, 3.8) is 0 Å². The lowest BCUT2D eigenvalue weighted by Crippen LogP contribution is -2.06. The SMILES string of the molecule is CCCNc1ncc(C)c(-c2cnc(C)n2C)n1. The third-order valence-electron chi connectivity index (χ3n) is 2.97. The van der Waals surface area contributed by atoms with E-state index in [2.05, 4.69) is 27.2 Å². The lowest BCUT2D eigenvalue weighted by Gasteiger charge is -2.09. The van der Waals surface area contributed by atoms with E-state index in [1.54, 1.807) is 0 Å². The summed E-state index contributed by atoms with van der Waals surface area (Å²) in [4.78, 5) is 13.2. The van der Waals surface area contributed by atoms with E-state index in [1.165, 1.54) is 0 Å². The molecule has 0 aliphatic carbocycles. The predicted octanol–water partition coefficient (Wildman–Crippen LogP) is 2.32. The van der Waals surface area contributed by atoms with Gasteiger partial charge in [-0.1, -0.05) is 6.92 Å². The smallest absolute Gasteiger partial charge is 0.223 e. The van der Waals surface area contributed by atoms with Gasteiger partial charge in [-0.2, -0.15) is 0 Å². The molecule has 0 spiro atoms. The van der Waals surface area contributed by atoms with E-state index in [0.717, 1.165) is 35.7 Å². The highest BCUT2D eigenvalue weighted by molar-refractivity contribution is 5.59. The molecule has 0 radical (unpaired) electrons. The van der Waals surface area contributed by atoms with Gasteiger partial charge in [-0.3, -0.25) is 0 Å². The van der Waals surface area contributed by atoms with Gasteiger partial charge in [0.1, 0.15) is 5.82 Å². The number of rotatable bonds is 4. The number of aryl methyl sites for hydroxylation is 2. The zero-order valence-electron chi connectivity index (χ0n) is 11.4. The summed E-state index contributed by atoms with van der Waals surface area (Å²) in [5.41, 5.74) is 3.01. The molecule has 0 amide bonds. The molecule has 0 atom stereocenters. The quantitative estimate of drug-likeness (QED) is 0.898. The molecule has 5 nitrogen and oxygen atoms in total. The summed E-state index contributed by atoms with van der Waals surface area (Å²) in [5, 5.41) is 3.21. The molecule has 0 aliphatic rings. The first-order chi connectivity index (χ1) is 8.63. The highest BCUT2D eigenvalue weighted by Gasteiger charge is 2.11. The van der Waals surface area contributed by atoms with Crippen molar-refractivity contribution >= 4 is 5.95 Å². The van der Waals surface area contributed by atoms with Gasteiger partial charge in [-0.05, 0) is 25.8 Å². The van der Waals surface area contributed by atoms with Gasteiger partial charge in [0.25, 0.3) is 0 Å². The summed E-state index contributed by atoms with van der Waals surface area (Å²) < 4.78 is 2.04. The Morgan fingerprint density at radius 1 is 1.22 bits per heavy atom. The molecule has 0 aliphatic heterocycles. The Bertz CT molecular complexity index is 544. The molecule has 2 aromatic heterocycles. The van der Waals surface area contributed by atoms with Gasteiger partial charge < -0.3 is 9.88 Å². The average molecular weight is 245 g/mol. The topological polar surface area (TPSA) is 55.6 Å². The number of hydrogen-bond donors (Lipinski definition) is 1. The molecule has 2 aromatic rings. The van der Waals surface area contributed by atoms with Crippen molar-refractivity contribution in [1.82, 2.24) is 19.5 Å². The van der Waals surface area contributed by atoms with Gasteiger partial charge in [0.15, 0.2) is 0 Å². The fourth-order valence-corrected chi connectivity index (χ4v) is 1.75.